The second-order valence-electron chi connectivity index (χ2n) is 4.95. The molecule has 1 atom stereocenters. The fourth-order valence-corrected chi connectivity index (χ4v) is 3.96. The van der Waals surface area contributed by atoms with Gasteiger partial charge in [-0.2, -0.15) is 0 Å². The van der Waals surface area contributed by atoms with Gasteiger partial charge in [-0.3, -0.25) is 0 Å². The summed E-state index contributed by atoms with van der Waals surface area (Å²) in [5.41, 5.74) is 7.33. The lowest BCUT2D eigenvalue weighted by atomic mass is 10.1. The minimum Gasteiger partial charge on any atom is -0.377 e. The van der Waals surface area contributed by atoms with E-state index in [4.69, 9.17) is 19.0 Å². The lowest BCUT2D eigenvalue weighted by Crippen LogP contribution is -2.43. The highest BCUT2D eigenvalue weighted by Crippen LogP contribution is 2.15. The van der Waals surface area contributed by atoms with E-state index in [1.807, 2.05) is 18.2 Å². The number of benzene rings is 1. The maximum atomic E-state index is 6.15. The summed E-state index contributed by atoms with van der Waals surface area (Å²) in [6, 6.07) is 11.1. The summed E-state index contributed by atoms with van der Waals surface area (Å²) in [6.45, 7) is 1.81. The number of nitrogens with one attached hydrogen (secondary N) is 1. The van der Waals surface area contributed by atoms with Crippen LogP contribution in [0.15, 0.2) is 30.3 Å². The van der Waals surface area contributed by atoms with Gasteiger partial charge in [0.1, 0.15) is 0 Å². The molecular weight excluding hydrogens is 320 g/mol. The van der Waals surface area contributed by atoms with E-state index < -0.39 is 8.80 Å². The Bertz CT molecular complexity index is 372. The van der Waals surface area contributed by atoms with Crippen LogP contribution in [0.5, 0.6) is 0 Å². The van der Waals surface area contributed by atoms with Crippen molar-refractivity contribution in [2.75, 3.05) is 34.4 Å². The van der Waals surface area contributed by atoms with Crippen LogP contribution in [-0.2, 0) is 13.3 Å². The van der Waals surface area contributed by atoms with Crippen molar-refractivity contribution in [3.8, 4) is 0 Å². The molecule has 1 unspecified atom stereocenters. The molecule has 3 N–H and O–H groups in total. The molecule has 0 aliphatic carbocycles. The fraction of sp³-hybridized carbons (Fsp3) is 0.600. The van der Waals surface area contributed by atoms with Crippen LogP contribution >= 0.6 is 12.4 Å². The van der Waals surface area contributed by atoms with Crippen molar-refractivity contribution in [1.82, 2.24) is 5.32 Å². The largest absolute Gasteiger partial charge is 0.500 e. The van der Waals surface area contributed by atoms with E-state index in [0.717, 1.165) is 32.0 Å². The molecule has 7 heteroatoms. The zero-order valence-electron chi connectivity index (χ0n) is 13.7. The third-order valence-corrected chi connectivity index (χ3v) is 6.46. The van der Waals surface area contributed by atoms with Crippen LogP contribution in [0, 0.1) is 0 Å². The van der Waals surface area contributed by atoms with Crippen LogP contribution in [0.3, 0.4) is 0 Å². The standard InChI is InChI=1S/C15H28N2O3Si.ClH/c1-18-21(19-2,20-3)13-7-11-17-12-10-15(16)14-8-5-4-6-9-14;/h4-6,8-9,15,17H,7,10-13,16H2,1-3H3;1H. The van der Waals surface area contributed by atoms with Crippen LogP contribution < -0.4 is 11.1 Å². The van der Waals surface area contributed by atoms with Gasteiger partial charge in [0.15, 0.2) is 0 Å². The molecule has 0 saturated heterocycles. The van der Waals surface area contributed by atoms with E-state index in [2.05, 4.69) is 17.4 Å². The van der Waals surface area contributed by atoms with Gasteiger partial charge in [-0.1, -0.05) is 30.3 Å². The summed E-state index contributed by atoms with van der Waals surface area (Å²) in [5.74, 6) is 0. The molecule has 1 aromatic carbocycles. The van der Waals surface area contributed by atoms with Crippen molar-refractivity contribution in [2.24, 2.45) is 5.73 Å². The molecule has 0 bridgehead atoms. The topological polar surface area (TPSA) is 65.7 Å². The Hall–Kier alpha value is -0.473. The molecule has 0 saturated carbocycles. The molecule has 0 radical (unpaired) electrons. The SMILES string of the molecule is CO[Si](CCCNCCC(N)c1ccccc1)(OC)OC.Cl. The van der Waals surface area contributed by atoms with Gasteiger partial charge in [-0.05, 0) is 31.5 Å². The lowest BCUT2D eigenvalue weighted by Gasteiger charge is -2.24. The maximum absolute atomic E-state index is 6.15. The smallest absolute Gasteiger partial charge is 0.377 e. The van der Waals surface area contributed by atoms with E-state index in [0.29, 0.717) is 0 Å². The Morgan fingerprint density at radius 1 is 1.05 bits per heavy atom. The summed E-state index contributed by atoms with van der Waals surface area (Å²) < 4.78 is 16.2. The molecule has 22 heavy (non-hydrogen) atoms. The van der Waals surface area contributed by atoms with Crippen molar-refractivity contribution >= 4 is 21.2 Å². The molecule has 0 amide bonds. The zero-order chi connectivity index (χ0) is 15.6. The number of nitrogens with two attached hydrogens (primary N) is 1. The molecule has 0 spiro atoms. The second kappa shape index (κ2) is 12.0. The van der Waals surface area contributed by atoms with Crippen LogP contribution in [0.4, 0.5) is 0 Å². The average molecular weight is 349 g/mol. The highest BCUT2D eigenvalue weighted by atomic mass is 35.5. The Balaban J connectivity index is 0.00000441. The molecule has 5 nitrogen and oxygen atoms in total. The number of hydrogen-bond acceptors (Lipinski definition) is 5. The fourth-order valence-electron chi connectivity index (χ4n) is 2.24. The highest BCUT2D eigenvalue weighted by molar-refractivity contribution is 6.60. The molecule has 0 aromatic heterocycles. The van der Waals surface area contributed by atoms with Crippen molar-refractivity contribution in [1.29, 1.82) is 0 Å². The summed E-state index contributed by atoms with van der Waals surface area (Å²) in [5, 5.41) is 3.41. The van der Waals surface area contributed by atoms with Crippen molar-refractivity contribution in [3.63, 3.8) is 0 Å². The first-order valence-electron chi connectivity index (χ1n) is 7.34. The minimum absolute atomic E-state index is 0. The third-order valence-electron chi connectivity index (χ3n) is 3.63. The van der Waals surface area contributed by atoms with E-state index in [1.54, 1.807) is 21.3 Å². The van der Waals surface area contributed by atoms with E-state index in [1.165, 1.54) is 5.56 Å². The van der Waals surface area contributed by atoms with Gasteiger partial charge in [-0.15, -0.1) is 12.4 Å². The van der Waals surface area contributed by atoms with Crippen LogP contribution in [0.1, 0.15) is 24.4 Å². The highest BCUT2D eigenvalue weighted by Gasteiger charge is 2.36. The van der Waals surface area contributed by atoms with E-state index >= 15 is 0 Å². The third kappa shape index (κ3) is 7.19. The first kappa shape index (κ1) is 21.5. The maximum Gasteiger partial charge on any atom is 0.500 e. The van der Waals surface area contributed by atoms with Gasteiger partial charge in [0.25, 0.3) is 0 Å². The Morgan fingerprint density at radius 2 is 1.64 bits per heavy atom. The summed E-state index contributed by atoms with van der Waals surface area (Å²) in [6.07, 6.45) is 1.88. The lowest BCUT2D eigenvalue weighted by molar-refractivity contribution is 0.123. The zero-order valence-corrected chi connectivity index (χ0v) is 15.5. The van der Waals surface area contributed by atoms with E-state index in [9.17, 15) is 0 Å². The summed E-state index contributed by atoms with van der Waals surface area (Å²) in [7, 11) is 2.52. The molecule has 0 aliphatic rings. The Morgan fingerprint density at radius 3 is 2.18 bits per heavy atom. The summed E-state index contributed by atoms with van der Waals surface area (Å²) in [4.78, 5) is 0. The molecule has 0 fully saturated rings. The molecule has 0 aliphatic heterocycles. The van der Waals surface area contributed by atoms with Crippen molar-refractivity contribution < 1.29 is 13.3 Å². The van der Waals surface area contributed by atoms with Crippen LogP contribution in [0.2, 0.25) is 6.04 Å². The van der Waals surface area contributed by atoms with Gasteiger partial charge >= 0.3 is 8.80 Å². The van der Waals surface area contributed by atoms with Gasteiger partial charge in [-0.25, -0.2) is 0 Å². The number of halogens is 1. The minimum atomic E-state index is -2.42. The molecule has 128 valence electrons. The number of hydrogen-bond donors (Lipinski definition) is 2. The predicted octanol–water partition coefficient (Wildman–Crippen LogP) is 2.36. The molecule has 1 rings (SSSR count). The number of rotatable bonds is 11. The Labute approximate surface area is 141 Å². The van der Waals surface area contributed by atoms with Gasteiger partial charge < -0.3 is 24.3 Å². The first-order valence-corrected chi connectivity index (χ1v) is 9.27. The molecular formula is C15H29ClN2O3Si. The summed E-state index contributed by atoms with van der Waals surface area (Å²) >= 11 is 0. The van der Waals surface area contributed by atoms with Gasteiger partial charge in [0.05, 0.1) is 0 Å². The Kier molecular flexibility index (Phi) is 11.8. The van der Waals surface area contributed by atoms with Crippen molar-refractivity contribution in [2.45, 2.75) is 24.9 Å². The monoisotopic (exact) mass is 348 g/mol. The predicted molar refractivity (Wildman–Crippen MR) is 94.3 cm³/mol. The second-order valence-corrected chi connectivity index (χ2v) is 8.05. The average Bonchev–Trinajstić information content (AvgIpc) is 2.55. The van der Waals surface area contributed by atoms with Gasteiger partial charge in [0.2, 0.25) is 0 Å². The van der Waals surface area contributed by atoms with Crippen molar-refractivity contribution in [3.05, 3.63) is 35.9 Å². The normalized spacial score (nSPS) is 12.7. The first-order chi connectivity index (χ1) is 10.2. The van der Waals surface area contributed by atoms with Gasteiger partial charge in [0, 0.05) is 33.4 Å². The molecule has 0 heterocycles. The van der Waals surface area contributed by atoms with E-state index in [-0.39, 0.29) is 18.4 Å². The molecule has 1 aromatic rings. The van der Waals surface area contributed by atoms with Crippen LogP contribution in [0.25, 0.3) is 0 Å². The van der Waals surface area contributed by atoms with Crippen LogP contribution in [-0.4, -0.2) is 43.2 Å². The quantitative estimate of drug-likeness (QED) is 0.474.